The van der Waals surface area contributed by atoms with E-state index in [4.69, 9.17) is 11.6 Å². The Bertz CT molecular complexity index is 803. The molecule has 2 aromatic rings. The van der Waals surface area contributed by atoms with Crippen LogP contribution in [0.1, 0.15) is 18.4 Å². The maximum atomic E-state index is 12.4. The highest BCUT2D eigenvalue weighted by molar-refractivity contribution is 7.92. The first-order chi connectivity index (χ1) is 11.0. The lowest BCUT2D eigenvalue weighted by atomic mass is 10.2. The van der Waals surface area contributed by atoms with Crippen LogP contribution in [0.25, 0.3) is 0 Å². The van der Waals surface area contributed by atoms with Crippen molar-refractivity contribution in [3.8, 4) is 0 Å². The molecule has 8 heteroatoms. The molecule has 1 saturated heterocycles. The van der Waals surface area contributed by atoms with Crippen molar-refractivity contribution in [1.82, 2.24) is 9.97 Å². The Hall–Kier alpha value is -1.86. The largest absolute Gasteiger partial charge is 0.341 e. The summed E-state index contributed by atoms with van der Waals surface area (Å²) in [5, 5.41) is 0.411. The number of nitrogens with zero attached hydrogens (tertiary/aromatic N) is 3. The van der Waals surface area contributed by atoms with Gasteiger partial charge in [-0.2, -0.15) is 0 Å². The van der Waals surface area contributed by atoms with Crippen molar-refractivity contribution < 1.29 is 8.42 Å². The first-order valence-electron chi connectivity index (χ1n) is 7.32. The number of halogens is 1. The van der Waals surface area contributed by atoms with Gasteiger partial charge in [-0.15, -0.1) is 0 Å². The third-order valence-electron chi connectivity index (χ3n) is 3.73. The van der Waals surface area contributed by atoms with Crippen molar-refractivity contribution in [3.63, 3.8) is 0 Å². The molecule has 1 aliphatic rings. The van der Waals surface area contributed by atoms with Crippen molar-refractivity contribution in [3.05, 3.63) is 41.2 Å². The van der Waals surface area contributed by atoms with Crippen molar-refractivity contribution in [2.45, 2.75) is 24.7 Å². The molecule has 0 bridgehead atoms. The van der Waals surface area contributed by atoms with Gasteiger partial charge in [0.2, 0.25) is 5.95 Å². The van der Waals surface area contributed by atoms with Gasteiger partial charge in [0.15, 0.2) is 0 Å². The van der Waals surface area contributed by atoms with Gasteiger partial charge in [0.25, 0.3) is 10.0 Å². The molecule has 0 atom stereocenters. The Balaban J connectivity index is 1.78. The van der Waals surface area contributed by atoms with Crippen LogP contribution in [0, 0.1) is 6.92 Å². The number of nitrogens with one attached hydrogen (secondary N) is 1. The Labute approximate surface area is 140 Å². The summed E-state index contributed by atoms with van der Waals surface area (Å²) < 4.78 is 27.2. The zero-order valence-corrected chi connectivity index (χ0v) is 14.2. The highest BCUT2D eigenvalue weighted by Gasteiger charge is 2.17. The molecule has 1 aromatic carbocycles. The summed E-state index contributed by atoms with van der Waals surface area (Å²) in [5.74, 6) is 0.629. The SMILES string of the molecule is Cc1ccc(S(=O)(=O)Nc2cnc(N3CCCC3)nc2)cc1Cl. The van der Waals surface area contributed by atoms with E-state index in [9.17, 15) is 8.42 Å². The van der Waals surface area contributed by atoms with E-state index in [1.165, 1.54) is 24.5 Å². The predicted molar refractivity (Wildman–Crippen MR) is 90.5 cm³/mol. The lowest BCUT2D eigenvalue weighted by molar-refractivity contribution is 0.601. The van der Waals surface area contributed by atoms with Crippen LogP contribution in [0.2, 0.25) is 5.02 Å². The lowest BCUT2D eigenvalue weighted by Crippen LogP contribution is -2.20. The smallest absolute Gasteiger partial charge is 0.262 e. The fourth-order valence-corrected chi connectivity index (χ4v) is 3.71. The molecule has 1 N–H and O–H groups in total. The number of hydrogen-bond acceptors (Lipinski definition) is 5. The van der Waals surface area contributed by atoms with Crippen LogP contribution in [0.3, 0.4) is 0 Å². The van der Waals surface area contributed by atoms with E-state index in [0.29, 0.717) is 16.7 Å². The minimum Gasteiger partial charge on any atom is -0.341 e. The predicted octanol–water partition coefficient (Wildman–Crippen LogP) is 2.84. The zero-order valence-electron chi connectivity index (χ0n) is 12.7. The van der Waals surface area contributed by atoms with E-state index in [1.807, 2.05) is 6.92 Å². The van der Waals surface area contributed by atoms with Crippen molar-refractivity contribution in [1.29, 1.82) is 0 Å². The van der Waals surface area contributed by atoms with Gasteiger partial charge in [-0.25, -0.2) is 18.4 Å². The van der Waals surface area contributed by atoms with Crippen LogP contribution in [0.4, 0.5) is 11.6 Å². The van der Waals surface area contributed by atoms with Gasteiger partial charge in [0.05, 0.1) is 23.0 Å². The molecule has 0 radical (unpaired) electrons. The van der Waals surface area contributed by atoms with Crippen molar-refractivity contribution in [2.75, 3.05) is 22.7 Å². The van der Waals surface area contributed by atoms with E-state index in [2.05, 4.69) is 19.6 Å². The van der Waals surface area contributed by atoms with Crippen molar-refractivity contribution in [2.24, 2.45) is 0 Å². The van der Waals surface area contributed by atoms with E-state index < -0.39 is 10.0 Å². The van der Waals surface area contributed by atoms with Crippen LogP contribution in [0.15, 0.2) is 35.5 Å². The number of aromatic nitrogens is 2. The zero-order chi connectivity index (χ0) is 16.4. The monoisotopic (exact) mass is 352 g/mol. The molecule has 1 aromatic heterocycles. The molecule has 1 aliphatic heterocycles. The highest BCUT2D eigenvalue weighted by Crippen LogP contribution is 2.22. The second-order valence-electron chi connectivity index (χ2n) is 5.48. The van der Waals surface area contributed by atoms with E-state index in [1.54, 1.807) is 6.07 Å². The van der Waals surface area contributed by atoms with Crippen LogP contribution in [-0.2, 0) is 10.0 Å². The Kier molecular flexibility index (Phi) is 4.41. The van der Waals surface area contributed by atoms with Gasteiger partial charge in [-0.3, -0.25) is 4.72 Å². The van der Waals surface area contributed by atoms with Gasteiger partial charge >= 0.3 is 0 Å². The second kappa shape index (κ2) is 6.33. The molecule has 3 rings (SSSR count). The normalized spacial score (nSPS) is 15.0. The fourth-order valence-electron chi connectivity index (χ4n) is 2.41. The van der Waals surface area contributed by atoms with Gasteiger partial charge in [0.1, 0.15) is 0 Å². The summed E-state index contributed by atoms with van der Waals surface area (Å²) >= 11 is 5.99. The molecule has 6 nitrogen and oxygen atoms in total. The molecule has 0 amide bonds. The molecule has 23 heavy (non-hydrogen) atoms. The number of anilines is 2. The molecule has 0 unspecified atom stereocenters. The Morgan fingerprint density at radius 3 is 2.43 bits per heavy atom. The van der Waals surface area contributed by atoms with Crippen LogP contribution in [0.5, 0.6) is 0 Å². The van der Waals surface area contributed by atoms with Crippen LogP contribution >= 0.6 is 11.6 Å². The van der Waals surface area contributed by atoms with E-state index in [0.717, 1.165) is 31.5 Å². The van der Waals surface area contributed by atoms with Crippen LogP contribution in [-0.4, -0.2) is 31.5 Å². The summed E-state index contributed by atoms with van der Waals surface area (Å²) in [6, 6.07) is 4.62. The van der Waals surface area contributed by atoms with Crippen LogP contribution < -0.4 is 9.62 Å². The molecular weight excluding hydrogens is 336 g/mol. The second-order valence-corrected chi connectivity index (χ2v) is 7.57. The van der Waals surface area contributed by atoms with Gasteiger partial charge in [0, 0.05) is 18.1 Å². The average molecular weight is 353 g/mol. The minimum atomic E-state index is -3.71. The number of aryl methyl sites for hydroxylation is 1. The summed E-state index contributed by atoms with van der Waals surface area (Å²) in [5.41, 5.74) is 1.15. The van der Waals surface area contributed by atoms with Gasteiger partial charge in [-0.1, -0.05) is 17.7 Å². The summed E-state index contributed by atoms with van der Waals surface area (Å²) in [7, 11) is -3.71. The number of sulfonamides is 1. The quantitative estimate of drug-likeness (QED) is 0.915. The molecule has 0 aliphatic carbocycles. The third kappa shape index (κ3) is 3.56. The maximum Gasteiger partial charge on any atom is 0.262 e. The highest BCUT2D eigenvalue weighted by atomic mass is 35.5. The molecule has 122 valence electrons. The minimum absolute atomic E-state index is 0.108. The summed E-state index contributed by atoms with van der Waals surface area (Å²) in [6.45, 7) is 3.69. The standard InChI is InChI=1S/C15H17ClN4O2S/c1-11-4-5-13(8-14(11)16)23(21,22)19-12-9-17-15(18-10-12)20-6-2-3-7-20/h4-5,8-10,19H,2-3,6-7H2,1H3. The Morgan fingerprint density at radius 2 is 1.83 bits per heavy atom. The van der Waals surface area contributed by atoms with Gasteiger partial charge in [-0.05, 0) is 37.5 Å². The maximum absolute atomic E-state index is 12.4. The van der Waals surface area contributed by atoms with Gasteiger partial charge < -0.3 is 4.90 Å². The summed E-state index contributed by atoms with van der Waals surface area (Å²) in [4.78, 5) is 10.7. The Morgan fingerprint density at radius 1 is 1.17 bits per heavy atom. The van der Waals surface area contributed by atoms with E-state index >= 15 is 0 Å². The molecule has 0 saturated carbocycles. The number of hydrogen-bond donors (Lipinski definition) is 1. The molecule has 1 fully saturated rings. The van der Waals surface area contributed by atoms with E-state index in [-0.39, 0.29) is 4.90 Å². The number of benzene rings is 1. The average Bonchev–Trinajstić information content (AvgIpc) is 3.04. The summed E-state index contributed by atoms with van der Waals surface area (Å²) in [6.07, 6.45) is 5.22. The topological polar surface area (TPSA) is 75.2 Å². The third-order valence-corrected chi connectivity index (χ3v) is 5.52. The van der Waals surface area contributed by atoms with Crippen molar-refractivity contribution >= 4 is 33.3 Å². The fraction of sp³-hybridized carbons (Fsp3) is 0.333. The number of rotatable bonds is 4. The molecule has 2 heterocycles. The molecular formula is C15H17ClN4O2S. The first-order valence-corrected chi connectivity index (χ1v) is 9.18. The molecule has 0 spiro atoms. The lowest BCUT2D eigenvalue weighted by Gasteiger charge is -2.15. The first kappa shape index (κ1) is 16.0.